The van der Waals surface area contributed by atoms with Crippen LogP contribution in [0.3, 0.4) is 0 Å². The van der Waals surface area contributed by atoms with Crippen molar-refractivity contribution in [3.8, 4) is 0 Å². The number of esters is 1. The zero-order chi connectivity index (χ0) is 19.9. The summed E-state index contributed by atoms with van der Waals surface area (Å²) in [6, 6.07) is 1.25. The third-order valence-corrected chi connectivity index (χ3v) is 5.33. The van der Waals surface area contributed by atoms with Gasteiger partial charge < -0.3 is 24.5 Å². The highest BCUT2D eigenvalue weighted by molar-refractivity contribution is 5.91. The number of carbonyl (C=O) groups is 2. The summed E-state index contributed by atoms with van der Waals surface area (Å²) in [5.41, 5.74) is -0.356. The van der Waals surface area contributed by atoms with E-state index in [4.69, 9.17) is 9.15 Å². The molecular formula is C20H24O7. The zero-order valence-corrected chi connectivity index (χ0v) is 15.4. The highest BCUT2D eigenvalue weighted by Crippen LogP contribution is 2.37. The van der Waals surface area contributed by atoms with Gasteiger partial charge in [-0.3, -0.25) is 0 Å². The van der Waals surface area contributed by atoms with Crippen molar-refractivity contribution >= 4 is 11.9 Å². The first-order valence-electron chi connectivity index (χ1n) is 8.92. The number of carbonyl (C=O) groups excluding carboxylic acids is 1. The highest BCUT2D eigenvalue weighted by Gasteiger charge is 2.40. The second-order valence-electron chi connectivity index (χ2n) is 7.68. The van der Waals surface area contributed by atoms with Crippen LogP contribution in [0.1, 0.15) is 61.1 Å². The molecule has 0 unspecified atom stereocenters. The number of carboxylic acids is 1. The number of hydrogen-bond acceptors (Lipinski definition) is 6. The van der Waals surface area contributed by atoms with E-state index in [0.29, 0.717) is 18.4 Å². The van der Waals surface area contributed by atoms with Gasteiger partial charge in [-0.05, 0) is 44.7 Å². The van der Waals surface area contributed by atoms with E-state index in [9.17, 15) is 24.9 Å². The van der Waals surface area contributed by atoms with Gasteiger partial charge in [0.15, 0.2) is 0 Å². The Labute approximate surface area is 156 Å². The van der Waals surface area contributed by atoms with E-state index in [0.717, 1.165) is 5.57 Å². The first kappa shape index (κ1) is 19.4. The Hall–Kier alpha value is -2.38. The van der Waals surface area contributed by atoms with Crippen LogP contribution in [0.25, 0.3) is 0 Å². The predicted octanol–water partition coefficient (Wildman–Crippen LogP) is 2.53. The van der Waals surface area contributed by atoms with Crippen molar-refractivity contribution < 1.29 is 34.1 Å². The van der Waals surface area contributed by atoms with E-state index >= 15 is 0 Å². The Kier molecular flexibility index (Phi) is 5.01. The summed E-state index contributed by atoms with van der Waals surface area (Å²) >= 11 is 0. The fourth-order valence-corrected chi connectivity index (χ4v) is 3.64. The van der Waals surface area contributed by atoms with Gasteiger partial charge in [0.2, 0.25) is 0 Å². The van der Waals surface area contributed by atoms with E-state index in [2.05, 4.69) is 6.58 Å². The lowest BCUT2D eigenvalue weighted by molar-refractivity contribution is -0.145. The van der Waals surface area contributed by atoms with Gasteiger partial charge in [0.25, 0.3) is 0 Å². The van der Waals surface area contributed by atoms with Crippen molar-refractivity contribution in [3.63, 3.8) is 0 Å². The quantitative estimate of drug-likeness (QED) is 0.536. The minimum absolute atomic E-state index is 0.0272. The van der Waals surface area contributed by atoms with E-state index < -0.39 is 29.7 Å². The molecule has 1 aromatic heterocycles. The summed E-state index contributed by atoms with van der Waals surface area (Å²) in [5, 5.41) is 30.8. The molecule has 7 heteroatoms. The van der Waals surface area contributed by atoms with Crippen LogP contribution in [0.15, 0.2) is 34.3 Å². The van der Waals surface area contributed by atoms with Crippen LogP contribution < -0.4 is 0 Å². The standard InChI is InChI=1S/C20H24O7/c1-10(2)11-4-5-12-6-13(26-19(12)24)9-20(3,25)17(21)16-8-14(18(22)23)15(7-11)27-16/h6,8,11,13,17,21,25H,1,4-5,7,9H2,2-3H3,(H,22,23)/t11-,13+,17-,20-/m1/s1. The Balaban J connectivity index is 2.05. The Bertz CT molecular complexity index is 814. The van der Waals surface area contributed by atoms with Crippen LogP contribution in [0.4, 0.5) is 0 Å². The molecule has 0 saturated heterocycles. The molecular weight excluding hydrogens is 352 g/mol. The molecule has 146 valence electrons. The van der Waals surface area contributed by atoms with Crippen LogP contribution in [0, 0.1) is 5.92 Å². The molecule has 7 nitrogen and oxygen atoms in total. The molecule has 4 atom stereocenters. The molecule has 2 aliphatic heterocycles. The van der Waals surface area contributed by atoms with Gasteiger partial charge in [-0.2, -0.15) is 0 Å². The summed E-state index contributed by atoms with van der Waals surface area (Å²) in [4.78, 5) is 23.7. The van der Waals surface area contributed by atoms with Crippen molar-refractivity contribution in [3.05, 3.63) is 47.0 Å². The molecule has 0 fully saturated rings. The molecule has 0 aliphatic carbocycles. The summed E-state index contributed by atoms with van der Waals surface area (Å²) in [6.45, 7) is 7.21. The number of hydrogen-bond donors (Lipinski definition) is 3. The van der Waals surface area contributed by atoms with Gasteiger partial charge in [-0.1, -0.05) is 12.2 Å². The Morgan fingerprint density at radius 3 is 2.74 bits per heavy atom. The fraction of sp³-hybridized carbons (Fsp3) is 0.500. The third-order valence-electron chi connectivity index (χ3n) is 5.33. The molecule has 4 bridgehead atoms. The smallest absolute Gasteiger partial charge is 0.339 e. The maximum Gasteiger partial charge on any atom is 0.339 e. The summed E-state index contributed by atoms with van der Waals surface area (Å²) in [7, 11) is 0. The number of rotatable bonds is 2. The number of furan rings is 1. The van der Waals surface area contributed by atoms with Gasteiger partial charge in [0.1, 0.15) is 29.3 Å². The van der Waals surface area contributed by atoms with Crippen LogP contribution in [0.2, 0.25) is 0 Å². The van der Waals surface area contributed by atoms with Gasteiger partial charge in [-0.25, -0.2) is 9.59 Å². The molecule has 0 radical (unpaired) electrons. The maximum absolute atomic E-state index is 12.1. The Morgan fingerprint density at radius 2 is 2.11 bits per heavy atom. The number of fused-ring (bicyclic) bond motifs is 3. The minimum atomic E-state index is -1.68. The van der Waals surface area contributed by atoms with Crippen LogP contribution in [-0.4, -0.2) is 39.0 Å². The zero-order valence-electron chi connectivity index (χ0n) is 15.4. The monoisotopic (exact) mass is 376 g/mol. The van der Waals surface area contributed by atoms with Crippen molar-refractivity contribution in [1.29, 1.82) is 0 Å². The number of aromatic carboxylic acids is 1. The molecule has 0 saturated carbocycles. The van der Waals surface area contributed by atoms with Gasteiger partial charge in [-0.15, -0.1) is 0 Å². The highest BCUT2D eigenvalue weighted by atomic mass is 16.5. The fourth-order valence-electron chi connectivity index (χ4n) is 3.64. The lowest BCUT2D eigenvalue weighted by atomic mass is 9.88. The lowest BCUT2D eigenvalue weighted by Crippen LogP contribution is -2.36. The Morgan fingerprint density at radius 1 is 1.41 bits per heavy atom. The molecule has 2 aliphatic rings. The molecule has 0 spiro atoms. The van der Waals surface area contributed by atoms with Crippen molar-refractivity contribution in [2.24, 2.45) is 5.92 Å². The molecule has 0 aromatic carbocycles. The SMILES string of the molecule is C=C(C)[C@@H]1CCC2=C[C@@H](C[C@@](C)(O)[C@H](O)c3cc(C(=O)O)c(o3)C1)OC2=O. The molecule has 1 aromatic rings. The third kappa shape index (κ3) is 3.84. The average Bonchev–Trinajstić information content (AvgIpc) is 3.13. The van der Waals surface area contributed by atoms with E-state index in [-0.39, 0.29) is 35.8 Å². The van der Waals surface area contributed by atoms with E-state index in [1.165, 1.54) is 13.0 Å². The van der Waals surface area contributed by atoms with Crippen LogP contribution in [-0.2, 0) is 16.0 Å². The lowest BCUT2D eigenvalue weighted by Gasteiger charge is -2.29. The summed E-state index contributed by atoms with van der Waals surface area (Å²) in [6.07, 6.45) is 0.833. The number of aliphatic hydroxyl groups excluding tert-OH is 1. The second kappa shape index (κ2) is 6.98. The summed E-state index contributed by atoms with van der Waals surface area (Å²) < 4.78 is 11.0. The summed E-state index contributed by atoms with van der Waals surface area (Å²) in [5.74, 6) is -1.50. The molecule has 3 heterocycles. The molecule has 3 rings (SSSR count). The normalized spacial score (nSPS) is 31.2. The van der Waals surface area contributed by atoms with Crippen LogP contribution >= 0.6 is 0 Å². The van der Waals surface area contributed by atoms with Gasteiger partial charge in [0.05, 0.1) is 5.60 Å². The number of ether oxygens (including phenoxy) is 1. The molecule has 27 heavy (non-hydrogen) atoms. The number of aliphatic hydroxyl groups is 2. The van der Waals surface area contributed by atoms with Gasteiger partial charge in [0, 0.05) is 18.4 Å². The first-order valence-corrected chi connectivity index (χ1v) is 8.92. The number of allylic oxidation sites excluding steroid dienone is 1. The molecule has 3 N–H and O–H groups in total. The van der Waals surface area contributed by atoms with Gasteiger partial charge >= 0.3 is 11.9 Å². The van der Waals surface area contributed by atoms with Crippen molar-refractivity contribution in [1.82, 2.24) is 0 Å². The van der Waals surface area contributed by atoms with Crippen molar-refractivity contribution in [2.45, 2.75) is 57.3 Å². The average molecular weight is 376 g/mol. The molecule has 0 amide bonds. The second-order valence-corrected chi connectivity index (χ2v) is 7.68. The van der Waals surface area contributed by atoms with E-state index in [1.54, 1.807) is 6.08 Å². The predicted molar refractivity (Wildman–Crippen MR) is 95.1 cm³/mol. The number of carboxylic acid groups (broad SMARTS) is 1. The topological polar surface area (TPSA) is 117 Å². The van der Waals surface area contributed by atoms with Crippen molar-refractivity contribution in [2.75, 3.05) is 0 Å². The minimum Gasteiger partial charge on any atom is -0.478 e. The van der Waals surface area contributed by atoms with Crippen LogP contribution in [0.5, 0.6) is 0 Å². The maximum atomic E-state index is 12.1. The largest absolute Gasteiger partial charge is 0.478 e. The van der Waals surface area contributed by atoms with E-state index in [1.807, 2.05) is 6.92 Å². The first-order chi connectivity index (χ1) is 12.6.